The topological polar surface area (TPSA) is 38.1 Å². The number of aromatic nitrogens is 2. The summed E-state index contributed by atoms with van der Waals surface area (Å²) in [5, 5.41) is 5.22. The van der Waals surface area contributed by atoms with E-state index in [1.165, 1.54) is 5.69 Å². The number of nitrogens with zero attached hydrogens (tertiary/aromatic N) is 3. The molecule has 0 bridgehead atoms. The van der Waals surface area contributed by atoms with E-state index in [0.717, 1.165) is 43.7 Å². The lowest BCUT2D eigenvalue weighted by Gasteiger charge is -2.31. The van der Waals surface area contributed by atoms with Gasteiger partial charge in [0.25, 0.3) is 0 Å². The van der Waals surface area contributed by atoms with Crippen molar-refractivity contribution in [3.05, 3.63) is 52.3 Å². The van der Waals surface area contributed by atoms with Gasteiger partial charge >= 0.3 is 0 Å². The highest BCUT2D eigenvalue weighted by atomic mass is 35.5. The van der Waals surface area contributed by atoms with E-state index in [1.807, 2.05) is 6.92 Å². The van der Waals surface area contributed by atoms with Crippen LogP contribution in [0.15, 0.2) is 30.3 Å². The summed E-state index contributed by atoms with van der Waals surface area (Å²) in [6.07, 6.45) is 2.23. The lowest BCUT2D eigenvalue weighted by molar-refractivity contribution is 0.0889. The van der Waals surface area contributed by atoms with Crippen molar-refractivity contribution in [2.24, 2.45) is 5.92 Å². The first-order valence-electron chi connectivity index (χ1n) is 8.53. The maximum atomic E-state index is 12.3. The molecule has 128 valence electrons. The number of rotatable bonds is 5. The van der Waals surface area contributed by atoms with Gasteiger partial charge < -0.3 is 0 Å². The number of hydrogen-bond donors (Lipinski definition) is 0. The van der Waals surface area contributed by atoms with Gasteiger partial charge in [0.1, 0.15) is 0 Å². The number of likely N-dealkylation sites (tertiary alicyclic amines) is 1. The van der Waals surface area contributed by atoms with Crippen molar-refractivity contribution in [2.45, 2.75) is 33.2 Å². The molecule has 1 fully saturated rings. The molecule has 1 aliphatic rings. The Kier molecular flexibility index (Phi) is 5.36. The van der Waals surface area contributed by atoms with Gasteiger partial charge in [-0.1, -0.05) is 11.6 Å². The zero-order chi connectivity index (χ0) is 17.1. The summed E-state index contributed by atoms with van der Waals surface area (Å²) >= 11 is 5.87. The summed E-state index contributed by atoms with van der Waals surface area (Å²) in [6.45, 7) is 7.58. The minimum atomic E-state index is 0.170. The summed E-state index contributed by atoms with van der Waals surface area (Å²) in [6, 6.07) is 9.28. The van der Waals surface area contributed by atoms with Crippen LogP contribution in [-0.4, -0.2) is 40.1 Å². The van der Waals surface area contributed by atoms with E-state index in [-0.39, 0.29) is 5.78 Å². The van der Waals surface area contributed by atoms with E-state index in [4.69, 9.17) is 11.6 Å². The van der Waals surface area contributed by atoms with Gasteiger partial charge in [-0.05, 0) is 76.0 Å². The van der Waals surface area contributed by atoms with E-state index in [0.29, 0.717) is 17.5 Å². The fraction of sp³-hybridized carbons (Fsp3) is 0.474. The lowest BCUT2D eigenvalue weighted by atomic mass is 9.96. The number of aryl methyl sites for hydroxylation is 2. The first kappa shape index (κ1) is 17.2. The fourth-order valence-electron chi connectivity index (χ4n) is 3.36. The third kappa shape index (κ3) is 4.25. The van der Waals surface area contributed by atoms with Crippen molar-refractivity contribution in [3.63, 3.8) is 0 Å². The van der Waals surface area contributed by atoms with Crippen LogP contribution in [0.3, 0.4) is 0 Å². The molecule has 0 spiro atoms. The summed E-state index contributed by atoms with van der Waals surface area (Å²) in [4.78, 5) is 14.6. The van der Waals surface area contributed by atoms with Crippen LogP contribution in [0.2, 0.25) is 5.02 Å². The van der Waals surface area contributed by atoms with E-state index in [2.05, 4.69) is 27.7 Å². The molecule has 0 radical (unpaired) electrons. The molecule has 0 aliphatic carbocycles. The highest BCUT2D eigenvalue weighted by Crippen LogP contribution is 2.20. The normalized spacial score (nSPS) is 16.5. The molecule has 5 heteroatoms. The van der Waals surface area contributed by atoms with Gasteiger partial charge in [0.15, 0.2) is 5.78 Å². The molecule has 0 saturated carbocycles. The molecular formula is C19H24ClN3O. The SMILES string of the molecule is Cc1cc(C)n(CC2CCN(CC(=O)c3ccc(Cl)cc3)CC2)n1. The van der Waals surface area contributed by atoms with Gasteiger partial charge in [-0.3, -0.25) is 14.4 Å². The number of benzene rings is 1. The molecule has 1 aliphatic heterocycles. The summed E-state index contributed by atoms with van der Waals surface area (Å²) < 4.78 is 2.12. The zero-order valence-corrected chi connectivity index (χ0v) is 15.1. The monoisotopic (exact) mass is 345 g/mol. The van der Waals surface area contributed by atoms with Crippen LogP contribution >= 0.6 is 11.6 Å². The molecule has 2 aromatic rings. The molecule has 1 saturated heterocycles. The number of carbonyl (C=O) groups excluding carboxylic acids is 1. The first-order valence-corrected chi connectivity index (χ1v) is 8.91. The van der Waals surface area contributed by atoms with Crippen LogP contribution in [0.25, 0.3) is 0 Å². The highest BCUT2D eigenvalue weighted by Gasteiger charge is 2.22. The second-order valence-electron chi connectivity index (χ2n) is 6.76. The number of Topliss-reactive ketones (excluding diaryl/α,β-unsaturated/α-hetero) is 1. The molecule has 0 unspecified atom stereocenters. The standard InChI is InChI=1S/C19H24ClN3O/c1-14-11-15(2)23(21-14)12-16-7-9-22(10-8-16)13-19(24)17-3-5-18(20)6-4-17/h3-6,11,16H,7-10,12-13H2,1-2H3. The lowest BCUT2D eigenvalue weighted by Crippen LogP contribution is -2.38. The Morgan fingerprint density at radius 1 is 1.21 bits per heavy atom. The molecule has 3 rings (SSSR count). The Bertz CT molecular complexity index is 700. The third-order valence-corrected chi connectivity index (χ3v) is 5.03. The molecule has 0 amide bonds. The minimum Gasteiger partial charge on any atom is -0.296 e. The van der Waals surface area contributed by atoms with Crippen molar-refractivity contribution in [2.75, 3.05) is 19.6 Å². The molecule has 1 aromatic carbocycles. The molecule has 24 heavy (non-hydrogen) atoms. The molecule has 4 nitrogen and oxygen atoms in total. The van der Waals surface area contributed by atoms with Gasteiger partial charge in [-0.2, -0.15) is 5.10 Å². The zero-order valence-electron chi connectivity index (χ0n) is 14.3. The largest absolute Gasteiger partial charge is 0.296 e. The van der Waals surface area contributed by atoms with E-state index in [9.17, 15) is 4.79 Å². The van der Waals surface area contributed by atoms with Crippen molar-refractivity contribution in [1.82, 2.24) is 14.7 Å². The highest BCUT2D eigenvalue weighted by molar-refractivity contribution is 6.30. The number of carbonyl (C=O) groups is 1. The van der Waals surface area contributed by atoms with E-state index < -0.39 is 0 Å². The average molecular weight is 346 g/mol. The van der Waals surface area contributed by atoms with Gasteiger partial charge in [-0.15, -0.1) is 0 Å². The quantitative estimate of drug-likeness (QED) is 0.775. The number of hydrogen-bond acceptors (Lipinski definition) is 3. The van der Waals surface area contributed by atoms with Crippen LogP contribution in [0.5, 0.6) is 0 Å². The third-order valence-electron chi connectivity index (χ3n) is 4.78. The van der Waals surface area contributed by atoms with Crippen molar-refractivity contribution < 1.29 is 4.79 Å². The predicted octanol–water partition coefficient (Wildman–Crippen LogP) is 3.75. The number of halogens is 1. The Labute approximate surface area is 148 Å². The van der Waals surface area contributed by atoms with E-state index >= 15 is 0 Å². The van der Waals surface area contributed by atoms with Crippen molar-refractivity contribution in [1.29, 1.82) is 0 Å². The molecule has 0 atom stereocenters. The fourth-order valence-corrected chi connectivity index (χ4v) is 3.49. The van der Waals surface area contributed by atoms with Gasteiger partial charge in [0.2, 0.25) is 0 Å². The Morgan fingerprint density at radius 3 is 2.46 bits per heavy atom. The smallest absolute Gasteiger partial charge is 0.176 e. The van der Waals surface area contributed by atoms with Crippen LogP contribution in [0.4, 0.5) is 0 Å². The van der Waals surface area contributed by atoms with Crippen LogP contribution in [0, 0.1) is 19.8 Å². The summed E-state index contributed by atoms with van der Waals surface area (Å²) in [5.41, 5.74) is 3.05. The molecule has 1 aromatic heterocycles. The second-order valence-corrected chi connectivity index (χ2v) is 7.20. The van der Waals surface area contributed by atoms with Crippen LogP contribution < -0.4 is 0 Å². The van der Waals surface area contributed by atoms with Crippen molar-refractivity contribution >= 4 is 17.4 Å². The summed E-state index contributed by atoms with van der Waals surface area (Å²) in [7, 11) is 0. The average Bonchev–Trinajstić information content (AvgIpc) is 2.87. The van der Waals surface area contributed by atoms with Crippen LogP contribution in [-0.2, 0) is 6.54 Å². The Balaban J connectivity index is 1.49. The van der Waals surface area contributed by atoms with Crippen LogP contribution in [0.1, 0.15) is 34.6 Å². The number of piperidine rings is 1. The molecule has 0 N–H and O–H groups in total. The number of ketones is 1. The van der Waals surface area contributed by atoms with Gasteiger partial charge in [0.05, 0.1) is 12.2 Å². The molecule has 2 heterocycles. The Morgan fingerprint density at radius 2 is 1.88 bits per heavy atom. The minimum absolute atomic E-state index is 0.170. The van der Waals surface area contributed by atoms with E-state index in [1.54, 1.807) is 24.3 Å². The van der Waals surface area contributed by atoms with Gasteiger partial charge in [0, 0.05) is 22.8 Å². The maximum Gasteiger partial charge on any atom is 0.176 e. The first-order chi connectivity index (χ1) is 11.5. The second kappa shape index (κ2) is 7.49. The Hall–Kier alpha value is -1.65. The molecular weight excluding hydrogens is 322 g/mol. The van der Waals surface area contributed by atoms with Crippen molar-refractivity contribution in [3.8, 4) is 0 Å². The maximum absolute atomic E-state index is 12.3. The summed E-state index contributed by atoms with van der Waals surface area (Å²) in [5.74, 6) is 0.813. The van der Waals surface area contributed by atoms with Gasteiger partial charge in [-0.25, -0.2) is 0 Å². The predicted molar refractivity (Wildman–Crippen MR) is 96.6 cm³/mol.